The molecule has 26 rings (SSSR count). The molecule has 0 saturated heterocycles. The smallest absolute Gasteiger partial charge is 0.328 e. The van der Waals surface area contributed by atoms with Crippen molar-refractivity contribution in [2.45, 2.75) is 249 Å². The van der Waals surface area contributed by atoms with Gasteiger partial charge in [-0.15, -0.1) is 0 Å². The predicted molar refractivity (Wildman–Crippen MR) is 485 cm³/mol. The number of benzene rings is 8. The van der Waals surface area contributed by atoms with Gasteiger partial charge in [-0.2, -0.15) is 0 Å². The highest BCUT2D eigenvalue weighted by Gasteiger charge is 2.66. The van der Waals surface area contributed by atoms with Crippen LogP contribution in [0.4, 0.5) is 35.1 Å². The van der Waals surface area contributed by atoms with Gasteiger partial charge in [0.25, 0.3) is 0 Å². The van der Waals surface area contributed by atoms with E-state index in [1.807, 2.05) is 50.3 Å². The summed E-state index contributed by atoms with van der Waals surface area (Å²) in [5.41, 5.74) is 22.7. The highest BCUT2D eigenvalue weighted by molar-refractivity contribution is 5.87. The Morgan fingerprint density at radius 1 is 0.381 bits per heavy atom. The summed E-state index contributed by atoms with van der Waals surface area (Å²) in [6.07, 6.45) is 33.4. The summed E-state index contributed by atoms with van der Waals surface area (Å²) in [6, 6.07) is 44.4. The quantitative estimate of drug-likeness (QED) is 0.0775. The lowest BCUT2D eigenvalue weighted by atomic mass is 9.44. The van der Waals surface area contributed by atoms with Crippen LogP contribution in [0.2, 0.25) is 0 Å². The van der Waals surface area contributed by atoms with Crippen molar-refractivity contribution in [3.05, 3.63) is 328 Å². The third-order valence-electron chi connectivity index (χ3n) is 31.6. The third kappa shape index (κ3) is 14.6. The van der Waals surface area contributed by atoms with Crippen molar-refractivity contribution in [1.82, 2.24) is 19.6 Å². The molecule has 16 heteroatoms. The molecule has 14 aliphatic carbocycles. The fourth-order valence-electron chi connectivity index (χ4n) is 26.3. The lowest BCUT2D eigenvalue weighted by Crippen LogP contribution is -2.71. The molecular weight excluding hydrogens is 1590 g/mol. The lowest BCUT2D eigenvalue weighted by Gasteiger charge is -2.70. The van der Waals surface area contributed by atoms with E-state index in [1.54, 1.807) is 12.2 Å². The first-order valence-corrected chi connectivity index (χ1v) is 45.6. The second-order valence-corrected chi connectivity index (χ2v) is 39.4. The maximum atomic E-state index is 15.6. The van der Waals surface area contributed by atoms with Gasteiger partial charge >= 0.3 is 11.9 Å². The van der Waals surface area contributed by atoms with Crippen LogP contribution < -0.4 is 0 Å². The zero-order chi connectivity index (χ0) is 86.6. The molecule has 4 aliphatic heterocycles. The molecule has 8 aromatic rings. The molecule has 10 saturated carbocycles. The van der Waals surface area contributed by atoms with E-state index in [9.17, 15) is 9.59 Å². The number of halogens is 8. The first-order chi connectivity index (χ1) is 60.3. The molecule has 126 heavy (non-hydrogen) atoms. The summed E-state index contributed by atoms with van der Waals surface area (Å²) in [5, 5.41) is 17.7. The van der Waals surface area contributed by atoms with E-state index >= 15 is 35.1 Å². The van der Waals surface area contributed by atoms with Crippen LogP contribution in [0, 0.1) is 69.7 Å². The number of hydrogen-bond donors (Lipinski definition) is 2. The van der Waals surface area contributed by atoms with Crippen LogP contribution in [-0.4, -0.2) is 89.6 Å². The first-order valence-electron chi connectivity index (χ1n) is 45.6. The Morgan fingerprint density at radius 2 is 0.667 bits per heavy atom. The van der Waals surface area contributed by atoms with Gasteiger partial charge in [-0.3, -0.25) is 19.6 Å². The molecule has 10 fully saturated rings. The molecule has 0 aromatic heterocycles. The SMILES string of the molecule is C.C/C=C/c1cc(F)c(C2C3=C(CC(C)N2C24CC(C2)C4)c2ccccc2C3)c(F)c1.C/C=C/c1cc(F)c(C2C3=C(CC(C)N2CC24CC(C2)C4)c2ccccc2C3)c(F)c1.CC1CC2=C(Cc3ccccc32)C(c2c(F)cc(/C=C/C(=O)O)cc2F)N1C12CC(C1)C2.CC1CC2=C(Cc3ccccc32)C(c2c(F)cc(/C=C/C(=O)O)cc2F)N1C1CCCC1. The maximum Gasteiger partial charge on any atom is 0.328 e. The van der Waals surface area contributed by atoms with E-state index in [2.05, 4.69) is 120 Å². The molecule has 0 spiro atoms. The van der Waals surface area contributed by atoms with E-state index < -0.39 is 70.6 Å². The van der Waals surface area contributed by atoms with Crippen molar-refractivity contribution in [3.63, 3.8) is 0 Å². The average Bonchev–Trinajstić information content (AvgIpc) is 1.09. The van der Waals surface area contributed by atoms with Gasteiger partial charge < -0.3 is 10.2 Å². The number of carboxylic acids is 2. The number of hydrogen-bond acceptors (Lipinski definition) is 6. The Kier molecular flexibility index (Phi) is 22.5. The fourth-order valence-corrected chi connectivity index (χ4v) is 26.3. The molecule has 6 bridgehead atoms. The van der Waals surface area contributed by atoms with Crippen LogP contribution in [0.1, 0.15) is 271 Å². The van der Waals surface area contributed by atoms with E-state index in [-0.39, 0.29) is 88.1 Å². The third-order valence-corrected chi connectivity index (χ3v) is 31.6. The second kappa shape index (κ2) is 33.2. The fraction of sp³-hybridized carbons (Fsp3) is 0.400. The minimum absolute atomic E-state index is 0. The molecule has 4 heterocycles. The van der Waals surface area contributed by atoms with E-state index in [4.69, 9.17) is 10.2 Å². The Morgan fingerprint density at radius 3 is 0.976 bits per heavy atom. The van der Waals surface area contributed by atoms with Crippen molar-refractivity contribution in [3.8, 4) is 0 Å². The summed E-state index contributed by atoms with van der Waals surface area (Å²) in [6.45, 7) is 13.6. The molecule has 8 unspecified atom stereocenters. The summed E-state index contributed by atoms with van der Waals surface area (Å²) in [5.74, 6) is -3.91. The maximum absolute atomic E-state index is 15.6. The van der Waals surface area contributed by atoms with Gasteiger partial charge in [0.05, 0.1) is 24.2 Å². The molecule has 8 nitrogen and oxygen atoms in total. The Bertz CT molecular complexity index is 5890. The monoisotopic (exact) mass is 1700 g/mol. The molecule has 2 N–H and O–H groups in total. The van der Waals surface area contributed by atoms with Gasteiger partial charge in [-0.25, -0.2) is 44.7 Å². The number of carbonyl (C=O) groups is 2. The number of nitrogens with zero attached hydrogens (tertiary/aromatic N) is 4. The number of aliphatic carboxylic acids is 2. The molecule has 652 valence electrons. The van der Waals surface area contributed by atoms with Crippen molar-refractivity contribution in [2.24, 2.45) is 23.2 Å². The zero-order valence-electron chi connectivity index (χ0n) is 72.0. The minimum Gasteiger partial charge on any atom is -0.478 e. The van der Waals surface area contributed by atoms with Crippen LogP contribution >= 0.6 is 0 Å². The van der Waals surface area contributed by atoms with Gasteiger partial charge in [0.15, 0.2) is 0 Å². The van der Waals surface area contributed by atoms with E-state index in [1.165, 1.54) is 177 Å². The van der Waals surface area contributed by atoms with Crippen molar-refractivity contribution >= 4 is 58.5 Å². The van der Waals surface area contributed by atoms with Crippen LogP contribution in [0.3, 0.4) is 0 Å². The molecular formula is C110H112F8N4O4. The molecule has 8 atom stereocenters. The second-order valence-electron chi connectivity index (χ2n) is 39.4. The van der Waals surface area contributed by atoms with Gasteiger partial charge in [0.1, 0.15) is 46.5 Å². The Balaban J connectivity index is 0.000000109. The topological polar surface area (TPSA) is 87.6 Å². The standard InChI is InChI=1S/C28H29F2N.C27H25F2NO2.C27H27F2NO2.C27H27F2N.CH4/c1-3-6-18-10-24(29)26(25(30)11-18)27-23-12-20-7-4-5-8-21(20)22(23)9-17(2)31(27)16-28-13-19(14-28)15-28;1-15-8-20-19-5-3-2-4-18(19)11-21(20)26(30(15)27-12-17(13-27)14-27)25-22(28)9-16(10-23(25)29)6-7-24(31)32;1-16-12-21-20-9-5-2-6-18(20)15-22(21)27(30(16)19-7-3-4-8-19)26-23(28)13-17(14-24(26)29)10-11-25(31)32;1-3-6-17-10-23(28)25(24(29)11-17)26-22-12-19-7-4-5-8-20(19)21(22)9-16(2)30(26)27-13-18(14-27)15-27;/h3-8,10-11,17,19,27H,9,12-16H2,1-2H3;2-7,9-10,15,17,26H,8,11-14H2,1H3,(H,31,32);2,5-6,9-11,13-14,16,19,27H,3-4,7-8,12,15H2,1H3,(H,31,32);3-8,10-11,16,18,26H,9,12-15H2,1-2H3;1H4/b6-3+;7-6+;11-10+;6-3+;. The average molecular weight is 1710 g/mol. The van der Waals surface area contributed by atoms with E-state index in [0.29, 0.717) is 29.0 Å². The zero-order valence-corrected chi connectivity index (χ0v) is 72.0. The van der Waals surface area contributed by atoms with Crippen LogP contribution in [-0.2, 0) is 35.3 Å². The largest absolute Gasteiger partial charge is 0.478 e. The number of rotatable bonds is 15. The summed E-state index contributed by atoms with van der Waals surface area (Å²) >= 11 is 0. The molecule has 0 amide bonds. The van der Waals surface area contributed by atoms with Gasteiger partial charge in [-0.1, -0.05) is 142 Å². The summed E-state index contributed by atoms with van der Waals surface area (Å²) < 4.78 is 124. The Labute approximate surface area is 735 Å². The van der Waals surface area contributed by atoms with Crippen LogP contribution in [0.5, 0.6) is 0 Å². The molecule has 0 radical (unpaired) electrons. The van der Waals surface area contributed by atoms with Crippen LogP contribution in [0.25, 0.3) is 46.6 Å². The molecule has 18 aliphatic rings. The number of carboxylic acid groups (broad SMARTS) is 2. The Hall–Kier alpha value is -10.1. The van der Waals surface area contributed by atoms with Crippen molar-refractivity contribution in [2.75, 3.05) is 6.54 Å². The van der Waals surface area contributed by atoms with Gasteiger partial charge in [-0.05, 0) is 359 Å². The minimum atomic E-state index is -1.15. The summed E-state index contributed by atoms with van der Waals surface area (Å²) in [4.78, 5) is 31.4. The predicted octanol–water partition coefficient (Wildman–Crippen LogP) is 26.2. The number of allylic oxidation sites excluding steroid dienone is 2. The van der Waals surface area contributed by atoms with Gasteiger partial charge in [0.2, 0.25) is 0 Å². The molecule has 8 aromatic carbocycles. The highest BCUT2D eigenvalue weighted by Crippen LogP contribution is 2.69. The summed E-state index contributed by atoms with van der Waals surface area (Å²) in [7, 11) is 0. The first kappa shape index (κ1) is 85.3. The van der Waals surface area contributed by atoms with Gasteiger partial charge in [0, 0.05) is 82.2 Å². The van der Waals surface area contributed by atoms with Crippen molar-refractivity contribution < 1.29 is 54.9 Å². The highest BCUT2D eigenvalue weighted by atomic mass is 19.2. The normalized spacial score (nSPS) is 29.2. The van der Waals surface area contributed by atoms with Crippen LogP contribution in [0.15, 0.2) is 192 Å². The van der Waals surface area contributed by atoms with E-state index in [0.717, 1.165) is 137 Å². The number of fused-ring (bicyclic) bond motifs is 8. The van der Waals surface area contributed by atoms with Crippen molar-refractivity contribution in [1.29, 1.82) is 0 Å². The lowest BCUT2D eigenvalue weighted by molar-refractivity contribution is -0.173.